The van der Waals surface area contributed by atoms with Crippen LogP contribution in [0.15, 0.2) is 59.5 Å². The van der Waals surface area contributed by atoms with Crippen molar-refractivity contribution in [1.82, 2.24) is 16.1 Å². The molecule has 9 heteroatoms. The lowest BCUT2D eigenvalue weighted by atomic mass is 9.96. The van der Waals surface area contributed by atoms with Crippen molar-refractivity contribution in [3.8, 4) is 5.75 Å². The Balaban J connectivity index is 2.09. The van der Waals surface area contributed by atoms with E-state index in [0.717, 1.165) is 5.56 Å². The molecule has 1 heterocycles. The number of benzene rings is 2. The summed E-state index contributed by atoms with van der Waals surface area (Å²) in [4.78, 5) is 10.9. The molecule has 0 bridgehead atoms. The lowest BCUT2D eigenvalue weighted by molar-refractivity contribution is -0.134. The minimum absolute atomic E-state index is 0.0330. The zero-order chi connectivity index (χ0) is 20.9. The van der Waals surface area contributed by atoms with Gasteiger partial charge in [0.25, 0.3) is 5.91 Å². The molecule has 1 aliphatic heterocycles. The lowest BCUT2D eigenvalue weighted by Gasteiger charge is -2.37. The van der Waals surface area contributed by atoms with E-state index in [1.165, 1.54) is 31.4 Å². The fourth-order valence-corrected chi connectivity index (χ4v) is 5.76. The molecule has 4 N–H and O–H groups in total. The first-order valence-electron chi connectivity index (χ1n) is 9.28. The van der Waals surface area contributed by atoms with Gasteiger partial charge >= 0.3 is 0 Å². The van der Waals surface area contributed by atoms with Gasteiger partial charge in [-0.2, -0.15) is 0 Å². The molecule has 0 aromatic heterocycles. The molecule has 1 unspecified atom stereocenters. The highest BCUT2D eigenvalue weighted by Crippen LogP contribution is 2.35. The van der Waals surface area contributed by atoms with Gasteiger partial charge in [0, 0.05) is 19.0 Å². The normalized spacial score (nSPS) is 18.8. The van der Waals surface area contributed by atoms with E-state index >= 15 is 0 Å². The molecule has 0 spiro atoms. The smallest absolute Gasteiger partial charge is 0.280 e. The van der Waals surface area contributed by atoms with Crippen LogP contribution in [0.1, 0.15) is 12.0 Å². The predicted molar refractivity (Wildman–Crippen MR) is 107 cm³/mol. The van der Waals surface area contributed by atoms with Crippen molar-refractivity contribution >= 4 is 15.7 Å². The molecular formula is C20H25N3O5S. The molecule has 1 aliphatic rings. The summed E-state index contributed by atoms with van der Waals surface area (Å²) in [5, 5.41) is 15.6. The molecule has 3 rings (SSSR count). The Morgan fingerprint density at radius 2 is 1.90 bits per heavy atom. The third kappa shape index (κ3) is 3.99. The fourth-order valence-electron chi connectivity index (χ4n) is 3.70. The summed E-state index contributed by atoms with van der Waals surface area (Å²) in [6, 6.07) is 15.0. The van der Waals surface area contributed by atoms with Crippen molar-refractivity contribution in [2.75, 3.05) is 20.2 Å². The van der Waals surface area contributed by atoms with Crippen LogP contribution in [0.2, 0.25) is 0 Å². The molecule has 0 radical (unpaired) electrons. The Morgan fingerprint density at radius 3 is 2.45 bits per heavy atom. The molecule has 0 saturated carbocycles. The van der Waals surface area contributed by atoms with E-state index in [1.54, 1.807) is 5.48 Å². The van der Waals surface area contributed by atoms with Crippen LogP contribution in [0.5, 0.6) is 5.75 Å². The second-order valence-electron chi connectivity index (χ2n) is 6.88. The number of sulfone groups is 1. The minimum Gasteiger partial charge on any atom is -0.497 e. The number of nitrogens with one attached hydrogen (secondary N) is 3. The Morgan fingerprint density at radius 1 is 1.21 bits per heavy atom. The average molecular weight is 420 g/mol. The van der Waals surface area contributed by atoms with Crippen LogP contribution in [0.3, 0.4) is 0 Å². The number of carbonyl (C=O) groups is 1. The number of carbonyl (C=O) groups excluding carboxylic acids is 1. The Hall–Kier alpha value is -2.46. The molecule has 0 aliphatic carbocycles. The van der Waals surface area contributed by atoms with Gasteiger partial charge in [-0.25, -0.2) is 13.9 Å². The molecule has 2 aromatic carbocycles. The predicted octanol–water partition coefficient (Wildman–Crippen LogP) is 1.07. The second-order valence-corrected chi connectivity index (χ2v) is 9.01. The summed E-state index contributed by atoms with van der Waals surface area (Å²) < 4.78 is 32.6. The first kappa shape index (κ1) is 21.3. The number of hydrogen-bond acceptors (Lipinski definition) is 7. The molecule has 2 aromatic rings. The van der Waals surface area contributed by atoms with Gasteiger partial charge in [-0.1, -0.05) is 30.3 Å². The highest BCUT2D eigenvalue weighted by Gasteiger charge is 2.57. The second kappa shape index (κ2) is 8.91. The molecule has 2 atom stereocenters. The van der Waals surface area contributed by atoms with Crippen LogP contribution in [0.4, 0.5) is 0 Å². The third-order valence-corrected chi connectivity index (χ3v) is 7.67. The van der Waals surface area contributed by atoms with E-state index in [4.69, 9.17) is 4.74 Å². The van der Waals surface area contributed by atoms with Gasteiger partial charge in [0.2, 0.25) is 14.7 Å². The highest BCUT2D eigenvalue weighted by molar-refractivity contribution is 7.93. The maximum atomic E-state index is 13.8. The zero-order valence-corrected chi connectivity index (χ0v) is 16.9. The SMILES string of the molecule is COc1ccc(S(=O)(=O)[C@@](NCc2ccccc2)(C(=O)NO)C2CCNC2)cc1. The number of hydrogen-bond donors (Lipinski definition) is 4. The van der Waals surface area contributed by atoms with Crippen molar-refractivity contribution in [3.05, 3.63) is 60.2 Å². The summed E-state index contributed by atoms with van der Waals surface area (Å²) in [6.07, 6.45) is 0.463. The van der Waals surface area contributed by atoms with E-state index in [1.807, 2.05) is 30.3 Å². The van der Waals surface area contributed by atoms with Gasteiger partial charge in [0.1, 0.15) is 5.75 Å². The van der Waals surface area contributed by atoms with E-state index in [2.05, 4.69) is 10.6 Å². The van der Waals surface area contributed by atoms with E-state index < -0.39 is 26.5 Å². The van der Waals surface area contributed by atoms with Gasteiger partial charge in [-0.3, -0.25) is 15.3 Å². The van der Waals surface area contributed by atoms with Crippen LogP contribution >= 0.6 is 0 Å². The van der Waals surface area contributed by atoms with Crippen molar-refractivity contribution in [3.63, 3.8) is 0 Å². The summed E-state index contributed by atoms with van der Waals surface area (Å²) in [7, 11) is -2.75. The maximum absolute atomic E-state index is 13.8. The average Bonchev–Trinajstić information content (AvgIpc) is 3.29. The first-order chi connectivity index (χ1) is 14.0. The summed E-state index contributed by atoms with van der Waals surface area (Å²) >= 11 is 0. The molecule has 29 heavy (non-hydrogen) atoms. The summed E-state index contributed by atoms with van der Waals surface area (Å²) in [5.74, 6) is -1.08. The van der Waals surface area contributed by atoms with Gasteiger partial charge in [-0.15, -0.1) is 0 Å². The number of amides is 1. The number of ether oxygens (including phenoxy) is 1. The summed E-state index contributed by atoms with van der Waals surface area (Å²) in [5.41, 5.74) is 2.40. The molecule has 1 saturated heterocycles. The third-order valence-electron chi connectivity index (χ3n) is 5.27. The maximum Gasteiger partial charge on any atom is 0.280 e. The Bertz CT molecular complexity index is 928. The monoisotopic (exact) mass is 419 g/mol. The van der Waals surface area contributed by atoms with Crippen LogP contribution in [-0.4, -0.2) is 44.6 Å². The van der Waals surface area contributed by atoms with Crippen molar-refractivity contribution < 1.29 is 23.2 Å². The van der Waals surface area contributed by atoms with Gasteiger partial charge < -0.3 is 10.1 Å². The van der Waals surface area contributed by atoms with E-state index in [0.29, 0.717) is 25.3 Å². The Labute approximate surface area is 170 Å². The quantitative estimate of drug-likeness (QED) is 0.374. The number of methoxy groups -OCH3 is 1. The highest BCUT2D eigenvalue weighted by atomic mass is 32.2. The van der Waals surface area contributed by atoms with E-state index in [-0.39, 0.29) is 11.4 Å². The van der Waals surface area contributed by atoms with Crippen LogP contribution in [-0.2, 0) is 21.2 Å². The molecule has 1 amide bonds. The number of rotatable bonds is 8. The standard InChI is InChI=1S/C20H25N3O5S/c1-28-17-7-9-18(10-8-17)29(26,27)20(19(24)23-25,16-11-12-21-14-16)22-13-15-5-3-2-4-6-15/h2-10,16,21-22,25H,11-14H2,1H3,(H,23,24)/t16?,20-/m1/s1. The van der Waals surface area contributed by atoms with E-state index in [9.17, 15) is 18.4 Å². The van der Waals surface area contributed by atoms with Crippen LogP contribution in [0.25, 0.3) is 0 Å². The van der Waals surface area contributed by atoms with Gasteiger partial charge in [-0.05, 0) is 42.8 Å². The van der Waals surface area contributed by atoms with Gasteiger partial charge in [0.15, 0.2) is 0 Å². The van der Waals surface area contributed by atoms with Crippen molar-refractivity contribution in [2.24, 2.45) is 5.92 Å². The zero-order valence-electron chi connectivity index (χ0n) is 16.1. The van der Waals surface area contributed by atoms with Crippen LogP contribution < -0.4 is 20.9 Å². The molecule has 1 fully saturated rings. The first-order valence-corrected chi connectivity index (χ1v) is 10.8. The fraction of sp³-hybridized carbons (Fsp3) is 0.350. The van der Waals surface area contributed by atoms with Crippen LogP contribution in [0, 0.1) is 5.92 Å². The summed E-state index contributed by atoms with van der Waals surface area (Å²) in [6.45, 7) is 1.04. The largest absolute Gasteiger partial charge is 0.497 e. The Kier molecular flexibility index (Phi) is 6.53. The lowest BCUT2D eigenvalue weighted by Crippen LogP contribution is -2.65. The van der Waals surface area contributed by atoms with Gasteiger partial charge in [0.05, 0.1) is 12.0 Å². The van der Waals surface area contributed by atoms with Crippen molar-refractivity contribution in [2.45, 2.75) is 22.7 Å². The molecule has 8 nitrogen and oxygen atoms in total. The topological polar surface area (TPSA) is 117 Å². The van der Waals surface area contributed by atoms with Crippen molar-refractivity contribution in [1.29, 1.82) is 0 Å². The molecular weight excluding hydrogens is 394 g/mol. The molecule has 156 valence electrons. The minimum atomic E-state index is -4.23. The number of hydroxylamine groups is 1.